The van der Waals surface area contributed by atoms with E-state index in [9.17, 15) is 14.4 Å². The molecule has 0 N–H and O–H groups in total. The molecular formula is C18H23N3O3S. The van der Waals surface area contributed by atoms with Gasteiger partial charge in [-0.1, -0.05) is 32.1 Å². The van der Waals surface area contributed by atoms with Crippen molar-refractivity contribution in [2.24, 2.45) is 0 Å². The second-order valence-electron chi connectivity index (χ2n) is 7.30. The average molecular weight is 361 g/mol. The molecule has 1 aromatic rings. The molecule has 25 heavy (non-hydrogen) atoms. The van der Waals surface area contributed by atoms with Gasteiger partial charge in [0.25, 0.3) is 0 Å². The zero-order valence-corrected chi connectivity index (χ0v) is 15.1. The largest absolute Gasteiger partial charge is 0.334 e. The van der Waals surface area contributed by atoms with Crippen LogP contribution in [0.5, 0.6) is 0 Å². The molecule has 4 amide bonds. The van der Waals surface area contributed by atoms with Gasteiger partial charge in [0.05, 0.1) is 17.2 Å². The van der Waals surface area contributed by atoms with Gasteiger partial charge in [-0.2, -0.15) is 0 Å². The van der Waals surface area contributed by atoms with Crippen molar-refractivity contribution in [1.29, 1.82) is 0 Å². The number of carbonyl (C=O) groups excluding carboxylic acids is 3. The second-order valence-corrected chi connectivity index (χ2v) is 8.19. The maximum atomic E-state index is 12.7. The number of carbonyl (C=O) groups is 3. The van der Waals surface area contributed by atoms with Crippen molar-refractivity contribution in [1.82, 2.24) is 14.8 Å². The minimum Gasteiger partial charge on any atom is -0.263 e. The molecule has 2 heterocycles. The van der Waals surface area contributed by atoms with Gasteiger partial charge in [-0.3, -0.25) is 14.5 Å². The summed E-state index contributed by atoms with van der Waals surface area (Å²) in [7, 11) is 0. The van der Waals surface area contributed by atoms with Gasteiger partial charge in [0, 0.05) is 17.3 Å². The molecule has 2 saturated carbocycles. The van der Waals surface area contributed by atoms with Crippen molar-refractivity contribution < 1.29 is 14.4 Å². The predicted octanol–water partition coefficient (Wildman–Crippen LogP) is 3.42. The molecule has 3 aliphatic rings. The predicted molar refractivity (Wildman–Crippen MR) is 93.0 cm³/mol. The number of hydrogen-bond acceptors (Lipinski definition) is 5. The number of aromatic nitrogens is 1. The maximum absolute atomic E-state index is 12.7. The van der Waals surface area contributed by atoms with E-state index in [-0.39, 0.29) is 12.6 Å². The van der Waals surface area contributed by atoms with Crippen molar-refractivity contribution in [2.75, 3.05) is 0 Å². The Balaban J connectivity index is 1.47. The minimum absolute atomic E-state index is 0.107. The van der Waals surface area contributed by atoms with E-state index in [4.69, 9.17) is 0 Å². The van der Waals surface area contributed by atoms with Gasteiger partial charge < -0.3 is 0 Å². The lowest BCUT2D eigenvalue weighted by atomic mass is 9.94. The van der Waals surface area contributed by atoms with Crippen molar-refractivity contribution >= 4 is 29.2 Å². The van der Waals surface area contributed by atoms with Crippen LogP contribution >= 0.6 is 11.3 Å². The molecule has 1 aliphatic heterocycles. The van der Waals surface area contributed by atoms with Crippen LogP contribution in [0, 0.1) is 0 Å². The Kier molecular flexibility index (Phi) is 4.58. The van der Waals surface area contributed by atoms with E-state index in [1.807, 2.05) is 5.38 Å². The highest BCUT2D eigenvalue weighted by Crippen LogP contribution is 2.36. The summed E-state index contributed by atoms with van der Waals surface area (Å²) in [5.41, 5.74) is 0.715. The molecule has 0 atom stereocenters. The molecule has 0 spiro atoms. The Bertz CT molecular complexity index is 689. The van der Waals surface area contributed by atoms with Gasteiger partial charge in [0.15, 0.2) is 0 Å². The lowest BCUT2D eigenvalue weighted by Crippen LogP contribution is -2.42. The lowest BCUT2D eigenvalue weighted by Gasteiger charge is -2.28. The molecule has 2 aliphatic carbocycles. The molecule has 1 aromatic heterocycles. The fourth-order valence-corrected chi connectivity index (χ4v) is 5.22. The smallest absolute Gasteiger partial charge is 0.263 e. The molecular weight excluding hydrogens is 338 g/mol. The molecule has 1 saturated heterocycles. The van der Waals surface area contributed by atoms with Gasteiger partial charge in [-0.05, 0) is 25.7 Å². The van der Waals surface area contributed by atoms with Gasteiger partial charge in [0.1, 0.15) is 0 Å². The van der Waals surface area contributed by atoms with E-state index in [2.05, 4.69) is 4.98 Å². The van der Waals surface area contributed by atoms with Gasteiger partial charge in [-0.25, -0.2) is 14.7 Å². The van der Waals surface area contributed by atoms with E-state index in [1.165, 1.54) is 30.6 Å². The molecule has 6 nitrogen and oxygen atoms in total. The molecule has 0 unspecified atom stereocenters. The first-order valence-corrected chi connectivity index (χ1v) is 10.2. The fraction of sp³-hybridized carbons (Fsp3) is 0.667. The van der Waals surface area contributed by atoms with Crippen LogP contribution in [-0.2, 0) is 16.1 Å². The average Bonchev–Trinajstić information content (AvgIpc) is 3.34. The number of urea groups is 1. The summed E-state index contributed by atoms with van der Waals surface area (Å²) < 4.78 is 0. The van der Waals surface area contributed by atoms with Crippen molar-refractivity contribution in [2.45, 2.75) is 76.3 Å². The molecule has 4 rings (SSSR count). The lowest BCUT2D eigenvalue weighted by molar-refractivity contribution is -0.144. The summed E-state index contributed by atoms with van der Waals surface area (Å²) in [5, 5.41) is 3.02. The van der Waals surface area contributed by atoms with Crippen LogP contribution in [0.25, 0.3) is 0 Å². The first-order valence-electron chi connectivity index (χ1n) is 9.28. The van der Waals surface area contributed by atoms with Crippen LogP contribution in [0.1, 0.15) is 74.4 Å². The monoisotopic (exact) mass is 361 g/mol. The Morgan fingerprint density at radius 2 is 1.64 bits per heavy atom. The Labute approximate surface area is 151 Å². The summed E-state index contributed by atoms with van der Waals surface area (Å²) in [4.78, 5) is 44.2. The van der Waals surface area contributed by atoms with E-state index >= 15 is 0 Å². The van der Waals surface area contributed by atoms with Crippen LogP contribution in [-0.4, -0.2) is 38.7 Å². The highest BCUT2D eigenvalue weighted by molar-refractivity contribution is 7.09. The molecule has 0 bridgehead atoms. The molecule has 134 valence electrons. The third-order valence-corrected chi connectivity index (χ3v) is 6.67. The van der Waals surface area contributed by atoms with Crippen molar-refractivity contribution in [3.63, 3.8) is 0 Å². The van der Waals surface area contributed by atoms with E-state index in [0.29, 0.717) is 11.6 Å². The van der Waals surface area contributed by atoms with Gasteiger partial charge in [-0.15, -0.1) is 11.3 Å². The minimum atomic E-state index is -0.703. The van der Waals surface area contributed by atoms with E-state index < -0.39 is 17.8 Å². The van der Waals surface area contributed by atoms with Crippen LogP contribution in [0.4, 0.5) is 4.79 Å². The summed E-state index contributed by atoms with van der Waals surface area (Å²) in [6.45, 7) is 0.107. The van der Waals surface area contributed by atoms with Crippen LogP contribution < -0.4 is 0 Å². The third-order valence-electron chi connectivity index (χ3n) is 5.62. The Hall–Kier alpha value is -1.76. The standard InChI is InChI=1S/C18H23N3O3S/c22-16-17(23)21(14-8-2-1-3-9-14)18(24)20(16)10-13-11-25-15(19-13)12-6-4-5-7-12/h11-12,14H,1-10H2. The normalized spacial score (nSPS) is 23.3. The van der Waals surface area contributed by atoms with Crippen LogP contribution in [0.15, 0.2) is 5.38 Å². The van der Waals surface area contributed by atoms with Crippen molar-refractivity contribution in [3.8, 4) is 0 Å². The zero-order valence-electron chi connectivity index (χ0n) is 14.3. The van der Waals surface area contributed by atoms with E-state index in [1.54, 1.807) is 11.3 Å². The number of amides is 4. The third kappa shape index (κ3) is 3.10. The topological polar surface area (TPSA) is 70.6 Å². The Morgan fingerprint density at radius 3 is 2.36 bits per heavy atom. The number of nitrogens with zero attached hydrogens (tertiary/aromatic N) is 3. The van der Waals surface area contributed by atoms with E-state index in [0.717, 1.165) is 42.0 Å². The van der Waals surface area contributed by atoms with Crippen LogP contribution in [0.2, 0.25) is 0 Å². The zero-order chi connectivity index (χ0) is 17.4. The maximum Gasteiger partial charge on any atom is 0.334 e. The first-order chi connectivity index (χ1) is 12.1. The number of hydrogen-bond donors (Lipinski definition) is 0. The van der Waals surface area contributed by atoms with Crippen molar-refractivity contribution in [3.05, 3.63) is 16.1 Å². The first kappa shape index (κ1) is 16.7. The summed E-state index contributed by atoms with van der Waals surface area (Å²) >= 11 is 1.60. The van der Waals surface area contributed by atoms with Gasteiger partial charge >= 0.3 is 17.8 Å². The number of imide groups is 2. The second kappa shape index (κ2) is 6.86. The summed E-state index contributed by atoms with van der Waals surface area (Å²) in [6, 6.07) is -0.579. The summed E-state index contributed by atoms with van der Waals surface area (Å²) in [6.07, 6.45) is 9.58. The highest BCUT2D eigenvalue weighted by atomic mass is 32.1. The fourth-order valence-electron chi connectivity index (χ4n) is 4.24. The van der Waals surface area contributed by atoms with Gasteiger partial charge in [0.2, 0.25) is 0 Å². The SMILES string of the molecule is O=C1C(=O)N(C2CCCCC2)C(=O)N1Cc1csc(C2CCCC2)n1. The number of thiazole rings is 1. The quantitative estimate of drug-likeness (QED) is 0.608. The molecule has 0 radical (unpaired) electrons. The highest BCUT2D eigenvalue weighted by Gasteiger charge is 2.47. The molecule has 3 fully saturated rings. The number of rotatable bonds is 4. The molecule has 7 heteroatoms. The van der Waals surface area contributed by atoms with Crippen LogP contribution in [0.3, 0.4) is 0 Å². The molecule has 0 aromatic carbocycles. The summed E-state index contributed by atoms with van der Waals surface area (Å²) in [5.74, 6) is -0.849. The Morgan fingerprint density at radius 1 is 0.960 bits per heavy atom.